The first-order valence-corrected chi connectivity index (χ1v) is 17.0. The van der Waals surface area contributed by atoms with Crippen molar-refractivity contribution in [3.63, 3.8) is 0 Å². The van der Waals surface area contributed by atoms with Gasteiger partial charge in [-0.25, -0.2) is 9.79 Å². The summed E-state index contributed by atoms with van der Waals surface area (Å²) in [5, 5.41) is 9.45. The number of benzene rings is 1. The quantitative estimate of drug-likeness (QED) is 0.314. The van der Waals surface area contributed by atoms with Gasteiger partial charge in [0.25, 0.3) is 5.91 Å². The number of methoxy groups -OCH3 is 1. The number of ether oxygens (including phenoxy) is 1. The number of carboxylic acid groups (broad SMARTS) is 1. The lowest BCUT2D eigenvalue weighted by Crippen LogP contribution is -2.52. The Kier molecular flexibility index (Phi) is 18.1. The van der Waals surface area contributed by atoms with E-state index in [0.29, 0.717) is 11.8 Å². The second-order valence-corrected chi connectivity index (χ2v) is 14.0. The molecule has 0 bridgehead atoms. The molecule has 0 radical (unpaired) electrons. The largest absolute Gasteiger partial charge is 0.478 e. The molecule has 1 unspecified atom stereocenters. The lowest BCUT2D eigenvalue weighted by atomic mass is 9.69. The molecule has 3 rings (SSSR count). The van der Waals surface area contributed by atoms with E-state index in [0.717, 1.165) is 63.5 Å². The number of hydrogen-bond acceptors (Lipinski definition) is 5. The molecule has 1 atom stereocenters. The molecular formula is C37H67N3O4. The number of amidine groups is 1. The number of aliphatic imine (C=N–C) groups is 1. The van der Waals surface area contributed by atoms with Crippen molar-refractivity contribution in [1.82, 2.24) is 9.80 Å². The molecule has 1 aliphatic carbocycles. The zero-order chi connectivity index (χ0) is 34.3. The number of likely N-dealkylation sites (N-methyl/N-ethyl adjacent to an activating group) is 1. The highest BCUT2D eigenvalue weighted by Crippen LogP contribution is 2.50. The van der Waals surface area contributed by atoms with Crippen LogP contribution < -0.4 is 0 Å². The van der Waals surface area contributed by atoms with E-state index in [2.05, 4.69) is 63.0 Å². The van der Waals surface area contributed by atoms with Crippen LogP contribution in [0.15, 0.2) is 29.3 Å². The van der Waals surface area contributed by atoms with Crippen LogP contribution in [0.2, 0.25) is 0 Å². The van der Waals surface area contributed by atoms with E-state index >= 15 is 0 Å². The van der Waals surface area contributed by atoms with Gasteiger partial charge >= 0.3 is 5.97 Å². The van der Waals surface area contributed by atoms with E-state index < -0.39 is 11.6 Å². The Morgan fingerprint density at radius 3 is 1.95 bits per heavy atom. The zero-order valence-electron chi connectivity index (χ0n) is 30.8. The Bertz CT molecular complexity index is 997. The fraction of sp³-hybridized carbons (Fsp3) is 0.757. The summed E-state index contributed by atoms with van der Waals surface area (Å²) in [4.78, 5) is 35.2. The van der Waals surface area contributed by atoms with Crippen LogP contribution in [0.5, 0.6) is 0 Å². The molecule has 0 aromatic heterocycles. The number of carbonyl (C=O) groups is 2. The van der Waals surface area contributed by atoms with Gasteiger partial charge in [0.15, 0.2) is 5.84 Å². The van der Waals surface area contributed by atoms with E-state index in [1.807, 2.05) is 46.9 Å². The molecular weight excluding hydrogens is 550 g/mol. The van der Waals surface area contributed by atoms with Crippen molar-refractivity contribution >= 4 is 17.7 Å². The second-order valence-electron chi connectivity index (χ2n) is 14.0. The maximum Gasteiger partial charge on any atom is 0.335 e. The van der Waals surface area contributed by atoms with Crippen LogP contribution in [0.25, 0.3) is 0 Å². The van der Waals surface area contributed by atoms with Crippen LogP contribution in [0.4, 0.5) is 0 Å². The summed E-state index contributed by atoms with van der Waals surface area (Å²) in [6.45, 7) is 24.6. The number of nitrogens with zero attached hydrogens (tertiary/aromatic N) is 3. The SMILES string of the molecule is CC.CC.CCCCN(C)C1=NC2(CCC(C(C)(C)C)CC2)N(C(CCC(C)(C)C)c2ccc(C(=O)O)cc2)C1=O.COC. The molecule has 1 fully saturated rings. The normalized spacial score (nSPS) is 20.3. The van der Waals surface area contributed by atoms with Gasteiger partial charge in [-0.3, -0.25) is 4.79 Å². The van der Waals surface area contributed by atoms with E-state index in [-0.39, 0.29) is 28.3 Å². The number of rotatable bonds is 8. The summed E-state index contributed by atoms with van der Waals surface area (Å²) < 4.78 is 4.25. The molecule has 1 spiro atoms. The molecule has 1 aromatic rings. The Morgan fingerprint density at radius 2 is 1.55 bits per heavy atom. The molecule has 1 aromatic carbocycles. The van der Waals surface area contributed by atoms with E-state index in [1.54, 1.807) is 26.4 Å². The standard InChI is InChI=1S/C31H49N3O3.C2H6O.2C2H6/c1-9-10-21-33(8)26-27(35)34(31(32-26)19-15-24(16-20-31)30(5,6)7)25(17-18-29(2,3)4)22-11-13-23(14-12-22)28(36)37;1-3-2;2*1-2/h11-14,24-25H,9-10,15-21H2,1-8H3,(H,36,37);1-2H3;2*1-2H3. The summed E-state index contributed by atoms with van der Waals surface area (Å²) >= 11 is 0. The van der Waals surface area contributed by atoms with E-state index in [4.69, 9.17) is 4.99 Å². The van der Waals surface area contributed by atoms with Crippen LogP contribution in [-0.4, -0.2) is 66.1 Å². The number of amides is 1. The second kappa shape index (κ2) is 19.2. The third-order valence-electron chi connectivity index (χ3n) is 8.41. The van der Waals surface area contributed by atoms with Gasteiger partial charge < -0.3 is 19.6 Å². The highest BCUT2D eigenvalue weighted by atomic mass is 16.4. The van der Waals surface area contributed by atoms with Crippen LogP contribution in [0.1, 0.15) is 149 Å². The molecule has 1 heterocycles. The van der Waals surface area contributed by atoms with Gasteiger partial charge in [-0.05, 0) is 79.4 Å². The average Bonchev–Trinajstić information content (AvgIpc) is 3.25. The molecule has 1 amide bonds. The summed E-state index contributed by atoms with van der Waals surface area (Å²) in [6, 6.07) is 6.98. The Hall–Kier alpha value is -2.41. The van der Waals surface area contributed by atoms with Crippen LogP contribution >= 0.6 is 0 Å². The maximum atomic E-state index is 14.2. The Morgan fingerprint density at radius 1 is 1.05 bits per heavy atom. The first kappa shape index (κ1) is 41.6. The molecule has 7 nitrogen and oxygen atoms in total. The summed E-state index contributed by atoms with van der Waals surface area (Å²) in [7, 11) is 5.25. The molecule has 7 heteroatoms. The van der Waals surface area contributed by atoms with Gasteiger partial charge in [-0.1, -0.05) is 94.7 Å². The van der Waals surface area contributed by atoms with Crippen LogP contribution in [-0.2, 0) is 9.53 Å². The first-order valence-electron chi connectivity index (χ1n) is 17.0. The minimum atomic E-state index is -0.935. The number of hydrogen-bond donors (Lipinski definition) is 1. The van der Waals surface area contributed by atoms with Gasteiger partial charge in [-0.2, -0.15) is 0 Å². The van der Waals surface area contributed by atoms with Gasteiger partial charge in [0.2, 0.25) is 0 Å². The molecule has 0 saturated heterocycles. The monoisotopic (exact) mass is 618 g/mol. The molecule has 1 saturated carbocycles. The van der Waals surface area contributed by atoms with Gasteiger partial charge in [-0.15, -0.1) is 0 Å². The number of carboxylic acids is 1. The maximum absolute atomic E-state index is 14.2. The molecule has 1 N–H and O–H groups in total. The van der Waals surface area contributed by atoms with E-state index in [1.165, 1.54) is 0 Å². The minimum Gasteiger partial charge on any atom is -0.478 e. The first-order chi connectivity index (χ1) is 20.6. The highest BCUT2D eigenvalue weighted by molar-refractivity contribution is 6.39. The lowest BCUT2D eigenvalue weighted by Gasteiger charge is -2.47. The number of carbonyl (C=O) groups excluding carboxylic acids is 1. The summed E-state index contributed by atoms with van der Waals surface area (Å²) in [5.74, 6) is 0.282. The lowest BCUT2D eigenvalue weighted by molar-refractivity contribution is -0.134. The van der Waals surface area contributed by atoms with Crippen molar-refractivity contribution in [3.8, 4) is 0 Å². The zero-order valence-corrected chi connectivity index (χ0v) is 30.8. The number of aromatic carboxylic acids is 1. The smallest absolute Gasteiger partial charge is 0.335 e. The third-order valence-corrected chi connectivity index (χ3v) is 8.41. The summed E-state index contributed by atoms with van der Waals surface area (Å²) in [6.07, 6.45) is 7.68. The minimum absolute atomic E-state index is 0.0223. The van der Waals surface area contributed by atoms with Crippen molar-refractivity contribution in [2.24, 2.45) is 21.7 Å². The van der Waals surface area contributed by atoms with Crippen molar-refractivity contribution in [1.29, 1.82) is 0 Å². The van der Waals surface area contributed by atoms with Gasteiger partial charge in [0.05, 0.1) is 11.6 Å². The van der Waals surface area contributed by atoms with Gasteiger partial charge in [0, 0.05) is 27.8 Å². The summed E-state index contributed by atoms with van der Waals surface area (Å²) in [5.41, 5.74) is 1.07. The number of unbranched alkanes of at least 4 members (excludes halogenated alkanes) is 1. The van der Waals surface area contributed by atoms with Crippen molar-refractivity contribution in [3.05, 3.63) is 35.4 Å². The Labute approximate surface area is 270 Å². The van der Waals surface area contributed by atoms with Crippen molar-refractivity contribution < 1.29 is 19.4 Å². The van der Waals surface area contributed by atoms with Crippen LogP contribution in [0.3, 0.4) is 0 Å². The third kappa shape index (κ3) is 11.8. The Balaban J connectivity index is 0.00000244. The molecule has 2 aliphatic rings. The predicted octanol–water partition coefficient (Wildman–Crippen LogP) is 9.47. The molecule has 1 aliphatic heterocycles. The van der Waals surface area contributed by atoms with E-state index in [9.17, 15) is 14.7 Å². The predicted molar refractivity (Wildman–Crippen MR) is 186 cm³/mol. The van der Waals surface area contributed by atoms with Crippen molar-refractivity contribution in [2.45, 2.75) is 139 Å². The molecule has 254 valence electrons. The van der Waals surface area contributed by atoms with Crippen molar-refractivity contribution in [2.75, 3.05) is 27.8 Å². The fourth-order valence-electron chi connectivity index (χ4n) is 5.94. The topological polar surface area (TPSA) is 82.4 Å². The van der Waals surface area contributed by atoms with Gasteiger partial charge in [0.1, 0.15) is 5.66 Å². The highest BCUT2D eigenvalue weighted by Gasteiger charge is 2.53. The fourth-order valence-corrected chi connectivity index (χ4v) is 5.94. The molecule has 44 heavy (non-hydrogen) atoms. The average molecular weight is 618 g/mol. The van der Waals surface area contributed by atoms with Crippen LogP contribution in [0, 0.1) is 16.7 Å².